The molecular weight excluding hydrogens is 466 g/mol. The van der Waals surface area contributed by atoms with Gasteiger partial charge in [0.2, 0.25) is 0 Å². The van der Waals surface area contributed by atoms with Gasteiger partial charge >= 0.3 is 5.69 Å². The monoisotopic (exact) mass is 485 g/mol. The molecule has 0 radical (unpaired) electrons. The Balaban J connectivity index is 1.50. The number of pyridine rings is 1. The molecule has 0 fully saturated rings. The fraction of sp³-hybridized carbons (Fsp3) is 0.154. The molecule has 9 heteroatoms. The number of carbonyl (C=O) groups excluding carboxylic acids is 1. The number of aromatic amines is 3. The van der Waals surface area contributed by atoms with Crippen LogP contribution in [0.1, 0.15) is 46.1 Å². The number of H-pyrrole nitrogens is 3. The quantitative estimate of drug-likeness (QED) is 0.349. The first-order chi connectivity index (χ1) is 16.9. The van der Waals surface area contributed by atoms with Crippen LogP contribution in [0.4, 0.5) is 0 Å². The standard InChI is InChI=1S/C26H20ClN5O3/c1-13-22-21(16-7-3-5-9-20(16)29-22)18(15-6-2-4-8-19(15)27)12-32(13)25(34)14-10-17-23(28-11-14)30-26(35)31-24(17)33/h2-11,13,18,29H,12H2,1H3,(H2,28,30,31,33,35). The lowest BCUT2D eigenvalue weighted by atomic mass is 9.83. The second kappa shape index (κ2) is 7.95. The van der Waals surface area contributed by atoms with Gasteiger partial charge in [0.1, 0.15) is 5.65 Å². The van der Waals surface area contributed by atoms with E-state index in [2.05, 4.69) is 26.0 Å². The molecule has 0 saturated carbocycles. The van der Waals surface area contributed by atoms with Gasteiger partial charge in [-0.05, 0) is 36.2 Å². The van der Waals surface area contributed by atoms with Crippen molar-refractivity contribution in [3.63, 3.8) is 0 Å². The van der Waals surface area contributed by atoms with Gasteiger partial charge in [-0.1, -0.05) is 48.0 Å². The van der Waals surface area contributed by atoms with Crippen LogP contribution in [0.5, 0.6) is 0 Å². The molecule has 0 aliphatic carbocycles. The first-order valence-electron chi connectivity index (χ1n) is 11.2. The highest BCUT2D eigenvalue weighted by Crippen LogP contribution is 2.44. The molecule has 4 heterocycles. The molecule has 35 heavy (non-hydrogen) atoms. The summed E-state index contributed by atoms with van der Waals surface area (Å²) in [6.07, 6.45) is 1.39. The molecule has 174 valence electrons. The van der Waals surface area contributed by atoms with Crippen LogP contribution in [0.2, 0.25) is 5.02 Å². The van der Waals surface area contributed by atoms with Crippen molar-refractivity contribution >= 4 is 39.4 Å². The Bertz CT molecular complexity index is 1750. The molecule has 1 amide bonds. The third kappa shape index (κ3) is 3.37. The summed E-state index contributed by atoms with van der Waals surface area (Å²) >= 11 is 6.63. The fourth-order valence-corrected chi connectivity index (χ4v) is 5.36. The summed E-state index contributed by atoms with van der Waals surface area (Å²) in [6, 6.07) is 17.0. The second-order valence-corrected chi connectivity index (χ2v) is 9.14. The van der Waals surface area contributed by atoms with Crippen LogP contribution >= 0.6 is 11.6 Å². The molecule has 6 rings (SSSR count). The second-order valence-electron chi connectivity index (χ2n) is 8.73. The average Bonchev–Trinajstić information content (AvgIpc) is 3.25. The third-order valence-corrected chi connectivity index (χ3v) is 7.11. The number of carbonyl (C=O) groups is 1. The fourth-order valence-electron chi connectivity index (χ4n) is 5.09. The van der Waals surface area contributed by atoms with Crippen LogP contribution in [-0.2, 0) is 0 Å². The summed E-state index contributed by atoms with van der Waals surface area (Å²) in [5, 5.41) is 1.89. The molecule has 0 bridgehead atoms. The largest absolute Gasteiger partial charge is 0.356 e. The lowest BCUT2D eigenvalue weighted by Gasteiger charge is -2.38. The van der Waals surface area contributed by atoms with Crippen LogP contribution in [0.25, 0.3) is 21.9 Å². The Morgan fingerprint density at radius 2 is 1.80 bits per heavy atom. The average molecular weight is 486 g/mol. The normalized spacial score (nSPS) is 17.6. The molecule has 3 N–H and O–H groups in total. The van der Waals surface area contributed by atoms with Gasteiger partial charge in [0.05, 0.1) is 17.0 Å². The summed E-state index contributed by atoms with van der Waals surface area (Å²) in [5.74, 6) is -0.415. The Labute approximate surface area is 203 Å². The van der Waals surface area contributed by atoms with Crippen molar-refractivity contribution in [1.82, 2.24) is 24.8 Å². The molecule has 2 unspecified atom stereocenters. The highest BCUT2D eigenvalue weighted by molar-refractivity contribution is 6.31. The number of aromatic nitrogens is 4. The molecule has 2 atom stereocenters. The molecule has 3 aromatic heterocycles. The molecule has 2 aromatic carbocycles. The van der Waals surface area contributed by atoms with E-state index in [4.69, 9.17) is 11.6 Å². The van der Waals surface area contributed by atoms with E-state index < -0.39 is 11.2 Å². The SMILES string of the molecule is CC1c2[nH]c3ccccc3c2C(c2ccccc2Cl)CN1C(=O)c1cnc2[nH]c(=O)[nH]c(=O)c2c1. The van der Waals surface area contributed by atoms with E-state index in [1.807, 2.05) is 49.4 Å². The molecule has 0 spiro atoms. The van der Waals surface area contributed by atoms with Gasteiger partial charge < -0.3 is 9.88 Å². The summed E-state index contributed by atoms with van der Waals surface area (Å²) in [5.41, 5.74) is 3.18. The van der Waals surface area contributed by atoms with Gasteiger partial charge in [-0.25, -0.2) is 9.78 Å². The number of halogens is 1. The molecule has 1 aliphatic heterocycles. The van der Waals surface area contributed by atoms with Crippen molar-refractivity contribution in [3.05, 3.63) is 109 Å². The highest BCUT2D eigenvalue weighted by atomic mass is 35.5. The van der Waals surface area contributed by atoms with Crippen LogP contribution in [-0.4, -0.2) is 37.3 Å². The third-order valence-electron chi connectivity index (χ3n) is 6.77. The predicted molar refractivity (Wildman–Crippen MR) is 134 cm³/mol. The predicted octanol–water partition coefficient (Wildman–Crippen LogP) is 4.10. The highest BCUT2D eigenvalue weighted by Gasteiger charge is 2.38. The maximum Gasteiger partial charge on any atom is 0.327 e. The maximum absolute atomic E-state index is 13.8. The minimum Gasteiger partial charge on any atom is -0.356 e. The molecule has 5 aromatic rings. The minimum atomic E-state index is -0.646. The Morgan fingerprint density at radius 3 is 2.63 bits per heavy atom. The number of para-hydroxylation sites is 1. The number of fused-ring (bicyclic) bond motifs is 4. The number of nitrogens with one attached hydrogen (secondary N) is 3. The van der Waals surface area contributed by atoms with Crippen LogP contribution in [0, 0.1) is 0 Å². The van der Waals surface area contributed by atoms with E-state index in [-0.39, 0.29) is 34.5 Å². The van der Waals surface area contributed by atoms with Crippen molar-refractivity contribution in [2.45, 2.75) is 18.9 Å². The summed E-state index contributed by atoms with van der Waals surface area (Å²) in [4.78, 5) is 51.7. The summed E-state index contributed by atoms with van der Waals surface area (Å²) in [7, 11) is 0. The van der Waals surface area contributed by atoms with E-state index in [0.717, 1.165) is 27.7 Å². The Kier molecular flexibility index (Phi) is 4.86. The van der Waals surface area contributed by atoms with Gasteiger partial charge in [0.25, 0.3) is 11.5 Å². The first-order valence-corrected chi connectivity index (χ1v) is 11.6. The van der Waals surface area contributed by atoms with Gasteiger partial charge in [-0.2, -0.15) is 0 Å². The van der Waals surface area contributed by atoms with Gasteiger partial charge in [-0.15, -0.1) is 0 Å². The summed E-state index contributed by atoms with van der Waals surface area (Å²) in [6.45, 7) is 2.38. The maximum atomic E-state index is 13.8. The van der Waals surface area contributed by atoms with E-state index in [0.29, 0.717) is 11.6 Å². The number of rotatable bonds is 2. The first kappa shape index (κ1) is 21.4. The number of amides is 1. The number of nitrogens with zero attached hydrogens (tertiary/aromatic N) is 2. The lowest BCUT2D eigenvalue weighted by Crippen LogP contribution is -2.41. The van der Waals surface area contributed by atoms with Crippen molar-refractivity contribution in [3.8, 4) is 0 Å². The number of benzene rings is 2. The van der Waals surface area contributed by atoms with Gasteiger partial charge in [0.15, 0.2) is 0 Å². The smallest absolute Gasteiger partial charge is 0.327 e. The van der Waals surface area contributed by atoms with Crippen molar-refractivity contribution in [2.75, 3.05) is 6.54 Å². The minimum absolute atomic E-state index is 0.133. The van der Waals surface area contributed by atoms with Gasteiger partial charge in [-0.3, -0.25) is 19.6 Å². The van der Waals surface area contributed by atoms with Gasteiger partial charge in [0, 0.05) is 40.3 Å². The van der Waals surface area contributed by atoms with E-state index in [1.54, 1.807) is 4.90 Å². The zero-order chi connectivity index (χ0) is 24.3. The van der Waals surface area contributed by atoms with E-state index >= 15 is 0 Å². The zero-order valence-corrected chi connectivity index (χ0v) is 19.4. The lowest BCUT2D eigenvalue weighted by molar-refractivity contribution is 0.0662. The van der Waals surface area contributed by atoms with Crippen molar-refractivity contribution < 1.29 is 4.79 Å². The van der Waals surface area contributed by atoms with Crippen LogP contribution < -0.4 is 11.2 Å². The van der Waals surface area contributed by atoms with E-state index in [1.165, 1.54) is 12.3 Å². The molecule has 1 aliphatic rings. The van der Waals surface area contributed by atoms with Crippen LogP contribution in [0.15, 0.2) is 70.4 Å². The number of hydrogen-bond acceptors (Lipinski definition) is 4. The number of hydrogen-bond donors (Lipinski definition) is 3. The molecule has 0 saturated heterocycles. The van der Waals surface area contributed by atoms with Crippen molar-refractivity contribution in [2.24, 2.45) is 0 Å². The topological polar surface area (TPSA) is 115 Å². The Hall–Kier alpha value is -4.17. The Morgan fingerprint density at radius 1 is 1.03 bits per heavy atom. The molecule has 8 nitrogen and oxygen atoms in total. The summed E-state index contributed by atoms with van der Waals surface area (Å²) < 4.78 is 0. The van der Waals surface area contributed by atoms with Crippen LogP contribution in [0.3, 0.4) is 0 Å². The van der Waals surface area contributed by atoms with E-state index in [9.17, 15) is 14.4 Å². The molecular formula is C26H20ClN5O3. The van der Waals surface area contributed by atoms with Crippen molar-refractivity contribution in [1.29, 1.82) is 0 Å². The zero-order valence-electron chi connectivity index (χ0n) is 18.6.